The Morgan fingerprint density at radius 1 is 1.26 bits per heavy atom. The Kier molecular flexibility index (Phi) is 4.44. The second-order valence-corrected chi connectivity index (χ2v) is 4.02. The van der Waals surface area contributed by atoms with Crippen molar-refractivity contribution in [2.45, 2.75) is 13.5 Å². The molecule has 0 fully saturated rings. The van der Waals surface area contributed by atoms with Gasteiger partial charge in [0.25, 0.3) is 0 Å². The molecule has 1 heterocycles. The molecule has 98 valence electrons. The van der Waals surface area contributed by atoms with Crippen LogP contribution in [0.25, 0.3) is 0 Å². The molecule has 0 unspecified atom stereocenters. The molecule has 2 aromatic rings. The average molecular weight is 256 g/mol. The van der Waals surface area contributed by atoms with Gasteiger partial charge in [-0.3, -0.25) is 10.3 Å². The summed E-state index contributed by atoms with van der Waals surface area (Å²) in [5, 5.41) is 2.73. The summed E-state index contributed by atoms with van der Waals surface area (Å²) in [4.78, 5) is 21.7. The Morgan fingerprint density at radius 2 is 2.05 bits per heavy atom. The zero-order valence-corrected chi connectivity index (χ0v) is 10.8. The van der Waals surface area contributed by atoms with E-state index in [1.165, 1.54) is 6.20 Å². The average Bonchev–Trinajstić information content (AvgIpc) is 2.47. The monoisotopic (exact) mass is 256 g/mol. The zero-order chi connectivity index (χ0) is 13.5. The van der Waals surface area contributed by atoms with Gasteiger partial charge in [0.2, 0.25) is 0 Å². The molecule has 0 aliphatic carbocycles. The predicted octanol–water partition coefficient (Wildman–Crippen LogP) is 2.53. The lowest BCUT2D eigenvalue weighted by Crippen LogP contribution is -2.34. The first-order valence-corrected chi connectivity index (χ1v) is 6.15. The largest absolute Gasteiger partial charge is 0.323 e. The molecular weight excluding hydrogens is 240 g/mol. The number of aromatic nitrogens is 2. The molecule has 0 radical (unpaired) electrons. The molecule has 0 atom stereocenters. The number of benzene rings is 1. The predicted molar refractivity (Wildman–Crippen MR) is 73.6 cm³/mol. The molecule has 0 saturated carbocycles. The summed E-state index contributed by atoms with van der Waals surface area (Å²) in [6.07, 6.45) is 4.63. The fraction of sp³-hybridized carbons (Fsp3) is 0.214. The van der Waals surface area contributed by atoms with Crippen LogP contribution in [0.5, 0.6) is 0 Å². The summed E-state index contributed by atoms with van der Waals surface area (Å²) in [6, 6.07) is 9.70. The molecular formula is C14H16N4O. The topological polar surface area (TPSA) is 58.1 Å². The van der Waals surface area contributed by atoms with Crippen LogP contribution in [-0.2, 0) is 6.54 Å². The minimum Gasteiger partial charge on any atom is -0.320 e. The minimum absolute atomic E-state index is 0.174. The van der Waals surface area contributed by atoms with Gasteiger partial charge >= 0.3 is 6.03 Å². The summed E-state index contributed by atoms with van der Waals surface area (Å²) >= 11 is 0. The molecule has 2 rings (SSSR count). The van der Waals surface area contributed by atoms with Crippen LogP contribution in [-0.4, -0.2) is 27.4 Å². The molecule has 0 saturated heterocycles. The maximum atomic E-state index is 12.1. The van der Waals surface area contributed by atoms with E-state index < -0.39 is 0 Å². The van der Waals surface area contributed by atoms with Crippen molar-refractivity contribution in [3.63, 3.8) is 0 Å². The van der Waals surface area contributed by atoms with Crippen molar-refractivity contribution in [3.05, 3.63) is 54.5 Å². The Labute approximate surface area is 112 Å². The normalized spacial score (nSPS) is 9.95. The number of hydrogen-bond donors (Lipinski definition) is 1. The number of carbonyl (C=O) groups excluding carboxylic acids is 1. The van der Waals surface area contributed by atoms with Crippen LogP contribution in [0.1, 0.15) is 12.5 Å². The number of amides is 2. The fourth-order valence-corrected chi connectivity index (χ4v) is 1.68. The summed E-state index contributed by atoms with van der Waals surface area (Å²) in [5.74, 6) is 0.457. The summed E-state index contributed by atoms with van der Waals surface area (Å²) in [7, 11) is 0. The van der Waals surface area contributed by atoms with Gasteiger partial charge in [0.05, 0.1) is 6.20 Å². The molecule has 0 aliphatic heterocycles. The van der Waals surface area contributed by atoms with Crippen LogP contribution in [0.2, 0.25) is 0 Å². The van der Waals surface area contributed by atoms with Crippen molar-refractivity contribution >= 4 is 11.8 Å². The van der Waals surface area contributed by atoms with E-state index in [0.717, 1.165) is 5.56 Å². The van der Waals surface area contributed by atoms with Crippen molar-refractivity contribution in [1.82, 2.24) is 14.9 Å². The fourth-order valence-electron chi connectivity index (χ4n) is 1.68. The highest BCUT2D eigenvalue weighted by molar-refractivity contribution is 5.88. The number of nitrogens with one attached hydrogen (secondary N) is 1. The molecule has 1 aromatic carbocycles. The molecule has 5 heteroatoms. The van der Waals surface area contributed by atoms with Gasteiger partial charge in [0.15, 0.2) is 5.82 Å². The number of hydrogen-bond acceptors (Lipinski definition) is 3. The second-order valence-electron chi connectivity index (χ2n) is 4.02. The standard InChI is InChI=1S/C14H16N4O/c1-2-18(11-12-6-4-3-5-7-12)14(19)17-13-10-15-8-9-16-13/h3-10H,2,11H2,1H3,(H,16,17,19). The van der Waals surface area contributed by atoms with Crippen molar-refractivity contribution in [1.29, 1.82) is 0 Å². The number of urea groups is 1. The van der Waals surface area contributed by atoms with Gasteiger partial charge in [0.1, 0.15) is 0 Å². The first-order chi connectivity index (χ1) is 9.29. The Morgan fingerprint density at radius 3 is 2.68 bits per heavy atom. The van der Waals surface area contributed by atoms with Crippen LogP contribution in [0.3, 0.4) is 0 Å². The van der Waals surface area contributed by atoms with Gasteiger partial charge in [-0.1, -0.05) is 30.3 Å². The lowest BCUT2D eigenvalue weighted by molar-refractivity contribution is 0.212. The van der Waals surface area contributed by atoms with Crippen LogP contribution >= 0.6 is 0 Å². The third-order valence-corrected chi connectivity index (χ3v) is 2.68. The summed E-state index contributed by atoms with van der Waals surface area (Å²) in [6.45, 7) is 3.14. The van der Waals surface area contributed by atoms with E-state index in [1.54, 1.807) is 17.3 Å². The third kappa shape index (κ3) is 3.77. The van der Waals surface area contributed by atoms with E-state index in [1.807, 2.05) is 37.3 Å². The highest BCUT2D eigenvalue weighted by Crippen LogP contribution is 2.07. The van der Waals surface area contributed by atoms with Crippen molar-refractivity contribution < 1.29 is 4.79 Å². The SMILES string of the molecule is CCN(Cc1ccccc1)C(=O)Nc1cnccn1. The molecule has 1 aromatic heterocycles. The van der Waals surface area contributed by atoms with Crippen molar-refractivity contribution in [2.75, 3.05) is 11.9 Å². The van der Waals surface area contributed by atoms with Gasteiger partial charge in [-0.15, -0.1) is 0 Å². The van der Waals surface area contributed by atoms with Gasteiger partial charge in [-0.25, -0.2) is 9.78 Å². The van der Waals surface area contributed by atoms with E-state index >= 15 is 0 Å². The smallest absolute Gasteiger partial charge is 0.320 e. The van der Waals surface area contributed by atoms with Gasteiger partial charge < -0.3 is 4.90 Å². The Balaban J connectivity index is 2.00. The van der Waals surface area contributed by atoms with E-state index in [2.05, 4.69) is 15.3 Å². The van der Waals surface area contributed by atoms with Crippen LogP contribution in [0.15, 0.2) is 48.9 Å². The maximum absolute atomic E-state index is 12.1. The molecule has 2 amide bonds. The van der Waals surface area contributed by atoms with E-state index in [9.17, 15) is 4.79 Å². The van der Waals surface area contributed by atoms with Crippen LogP contribution in [0.4, 0.5) is 10.6 Å². The second kappa shape index (κ2) is 6.49. The zero-order valence-electron chi connectivity index (χ0n) is 10.8. The van der Waals surface area contributed by atoms with Crippen LogP contribution in [0, 0.1) is 0 Å². The Hall–Kier alpha value is -2.43. The first kappa shape index (κ1) is 13.0. The highest BCUT2D eigenvalue weighted by Gasteiger charge is 2.12. The molecule has 19 heavy (non-hydrogen) atoms. The highest BCUT2D eigenvalue weighted by atomic mass is 16.2. The van der Waals surface area contributed by atoms with E-state index in [4.69, 9.17) is 0 Å². The molecule has 0 bridgehead atoms. The number of carbonyl (C=O) groups is 1. The van der Waals surface area contributed by atoms with Crippen molar-refractivity contribution in [3.8, 4) is 0 Å². The molecule has 1 N–H and O–H groups in total. The molecule has 0 spiro atoms. The summed E-state index contributed by atoms with van der Waals surface area (Å²) < 4.78 is 0. The van der Waals surface area contributed by atoms with Gasteiger partial charge in [-0.05, 0) is 12.5 Å². The third-order valence-electron chi connectivity index (χ3n) is 2.68. The van der Waals surface area contributed by atoms with Gasteiger partial charge in [-0.2, -0.15) is 0 Å². The lowest BCUT2D eigenvalue weighted by atomic mass is 10.2. The molecule has 5 nitrogen and oxygen atoms in total. The number of anilines is 1. The Bertz CT molecular complexity index is 515. The number of rotatable bonds is 4. The van der Waals surface area contributed by atoms with Gasteiger partial charge in [0, 0.05) is 25.5 Å². The van der Waals surface area contributed by atoms with Crippen LogP contribution < -0.4 is 5.32 Å². The maximum Gasteiger partial charge on any atom is 0.323 e. The lowest BCUT2D eigenvalue weighted by Gasteiger charge is -2.21. The minimum atomic E-state index is -0.174. The van der Waals surface area contributed by atoms with Crippen molar-refractivity contribution in [2.24, 2.45) is 0 Å². The van der Waals surface area contributed by atoms with E-state index in [0.29, 0.717) is 18.9 Å². The summed E-state index contributed by atoms with van der Waals surface area (Å²) in [5.41, 5.74) is 1.10. The molecule has 0 aliphatic rings. The first-order valence-electron chi connectivity index (χ1n) is 6.15. The van der Waals surface area contributed by atoms with E-state index in [-0.39, 0.29) is 6.03 Å². The number of nitrogens with zero attached hydrogens (tertiary/aromatic N) is 3. The quantitative estimate of drug-likeness (QED) is 0.914.